The zero-order valence-corrected chi connectivity index (χ0v) is 10.8. The van der Waals surface area contributed by atoms with E-state index < -0.39 is 0 Å². The van der Waals surface area contributed by atoms with Crippen molar-refractivity contribution < 1.29 is 0 Å². The number of pyridine rings is 1. The van der Waals surface area contributed by atoms with Gasteiger partial charge in [0.1, 0.15) is 11.9 Å². The van der Waals surface area contributed by atoms with Gasteiger partial charge in [0.15, 0.2) is 0 Å². The smallest absolute Gasteiger partial charge is 0.144 e. The molecule has 0 aliphatic carbocycles. The fourth-order valence-corrected chi connectivity index (χ4v) is 2.02. The summed E-state index contributed by atoms with van der Waals surface area (Å²) in [4.78, 5) is 4.48. The van der Waals surface area contributed by atoms with Gasteiger partial charge in [-0.3, -0.25) is 0 Å². The van der Waals surface area contributed by atoms with Gasteiger partial charge in [0.2, 0.25) is 0 Å². The number of benzene rings is 1. The molecule has 3 nitrogen and oxygen atoms in total. The molecule has 0 radical (unpaired) electrons. The molecule has 1 heterocycles. The van der Waals surface area contributed by atoms with Crippen LogP contribution in [0.3, 0.4) is 0 Å². The van der Waals surface area contributed by atoms with E-state index in [1.165, 1.54) is 11.1 Å². The summed E-state index contributed by atoms with van der Waals surface area (Å²) < 4.78 is 0. The number of nitrogens with one attached hydrogen (secondary N) is 1. The maximum absolute atomic E-state index is 8.97. The Morgan fingerprint density at radius 1 is 1.11 bits per heavy atom. The topological polar surface area (TPSA) is 48.7 Å². The number of nitriles is 1. The minimum Gasteiger partial charge on any atom is -0.372 e. The lowest BCUT2D eigenvalue weighted by molar-refractivity contribution is 1.26. The highest BCUT2D eigenvalue weighted by Crippen LogP contribution is 2.23. The number of nitrogens with zero attached hydrogens (tertiary/aromatic N) is 2. The summed E-state index contributed by atoms with van der Waals surface area (Å²) in [6.07, 6.45) is 0. The molecular weight excluding hydrogens is 222 g/mol. The molecule has 3 heteroatoms. The Kier molecular flexibility index (Phi) is 3.29. The van der Waals surface area contributed by atoms with Crippen molar-refractivity contribution in [2.45, 2.75) is 13.8 Å². The highest BCUT2D eigenvalue weighted by atomic mass is 15.0. The molecule has 2 rings (SSSR count). The third-order valence-corrected chi connectivity index (χ3v) is 2.77. The molecule has 0 aliphatic rings. The Hall–Kier alpha value is -2.34. The van der Waals surface area contributed by atoms with Crippen LogP contribution in [0.1, 0.15) is 16.7 Å². The Morgan fingerprint density at radius 2 is 1.78 bits per heavy atom. The average molecular weight is 237 g/mol. The van der Waals surface area contributed by atoms with Crippen molar-refractivity contribution in [3.05, 3.63) is 47.0 Å². The van der Waals surface area contributed by atoms with Crippen molar-refractivity contribution in [3.8, 4) is 17.3 Å². The molecule has 0 spiro atoms. The fraction of sp³-hybridized carbons (Fsp3) is 0.200. The summed E-state index contributed by atoms with van der Waals surface area (Å²) in [6.45, 7) is 4.14. The number of rotatable bonds is 2. The van der Waals surface area contributed by atoms with E-state index in [1.807, 2.05) is 6.07 Å². The molecule has 1 aromatic carbocycles. The lowest BCUT2D eigenvalue weighted by Crippen LogP contribution is -1.97. The Bertz CT molecular complexity index is 604. The van der Waals surface area contributed by atoms with Crippen LogP contribution in [-0.2, 0) is 0 Å². The molecular formula is C15H15N3. The summed E-state index contributed by atoms with van der Waals surface area (Å²) >= 11 is 0. The predicted octanol–water partition coefficient (Wildman–Crippen LogP) is 3.28. The third kappa shape index (κ3) is 2.33. The van der Waals surface area contributed by atoms with Crippen molar-refractivity contribution in [2.75, 3.05) is 12.4 Å². The van der Waals surface area contributed by atoms with Crippen molar-refractivity contribution in [1.82, 2.24) is 4.98 Å². The lowest BCUT2D eigenvalue weighted by atomic mass is 10.0. The third-order valence-electron chi connectivity index (χ3n) is 2.77. The summed E-state index contributed by atoms with van der Waals surface area (Å²) in [5, 5.41) is 11.9. The molecule has 0 aliphatic heterocycles. The number of anilines is 1. The van der Waals surface area contributed by atoms with Crippen molar-refractivity contribution >= 4 is 5.82 Å². The zero-order chi connectivity index (χ0) is 13.1. The zero-order valence-electron chi connectivity index (χ0n) is 10.8. The van der Waals surface area contributed by atoms with Crippen molar-refractivity contribution in [3.63, 3.8) is 0 Å². The quantitative estimate of drug-likeness (QED) is 0.872. The molecule has 0 atom stereocenters. The van der Waals surface area contributed by atoms with Gasteiger partial charge in [-0.1, -0.05) is 17.2 Å². The van der Waals surface area contributed by atoms with Crippen LogP contribution in [0, 0.1) is 25.2 Å². The molecule has 0 fully saturated rings. The summed E-state index contributed by atoms with van der Waals surface area (Å²) in [7, 11) is 1.77. The molecule has 0 saturated heterocycles. The standard InChI is InChI=1S/C15H15N3/c1-10-6-11(2)8-13(7-10)14-5-4-12(9-16)15(17-3)18-14/h4-8H,1-3H3,(H,17,18). The van der Waals surface area contributed by atoms with E-state index in [1.54, 1.807) is 13.1 Å². The van der Waals surface area contributed by atoms with Gasteiger partial charge < -0.3 is 5.32 Å². The highest BCUT2D eigenvalue weighted by molar-refractivity contribution is 5.66. The minimum absolute atomic E-state index is 0.561. The predicted molar refractivity (Wildman–Crippen MR) is 73.4 cm³/mol. The van der Waals surface area contributed by atoms with Gasteiger partial charge in [-0.15, -0.1) is 0 Å². The van der Waals surface area contributed by atoms with Gasteiger partial charge in [-0.25, -0.2) is 4.98 Å². The van der Waals surface area contributed by atoms with Crippen molar-refractivity contribution in [2.24, 2.45) is 0 Å². The normalized spacial score (nSPS) is 9.89. The molecule has 0 unspecified atom stereocenters. The monoisotopic (exact) mass is 237 g/mol. The van der Waals surface area contributed by atoms with Gasteiger partial charge in [-0.05, 0) is 38.1 Å². The van der Waals surface area contributed by atoms with Crippen LogP contribution in [0.2, 0.25) is 0 Å². The Morgan fingerprint density at radius 3 is 2.33 bits per heavy atom. The van der Waals surface area contributed by atoms with Crippen LogP contribution in [0.5, 0.6) is 0 Å². The van der Waals surface area contributed by atoms with E-state index in [9.17, 15) is 0 Å². The van der Waals surface area contributed by atoms with Crippen LogP contribution in [-0.4, -0.2) is 12.0 Å². The number of aryl methyl sites for hydroxylation is 2. The van der Waals surface area contributed by atoms with Crippen LogP contribution in [0.25, 0.3) is 11.3 Å². The summed E-state index contributed by atoms with van der Waals surface area (Å²) in [5.74, 6) is 0.620. The van der Waals surface area contributed by atoms with Gasteiger partial charge in [0.05, 0.1) is 11.3 Å². The van der Waals surface area contributed by atoms with Gasteiger partial charge >= 0.3 is 0 Å². The van der Waals surface area contributed by atoms with E-state index >= 15 is 0 Å². The number of hydrogen-bond acceptors (Lipinski definition) is 3. The molecule has 90 valence electrons. The summed E-state index contributed by atoms with van der Waals surface area (Å²) in [6, 6.07) is 12.1. The first-order valence-electron chi connectivity index (χ1n) is 5.81. The molecule has 0 saturated carbocycles. The van der Waals surface area contributed by atoms with Crippen LogP contribution < -0.4 is 5.32 Å². The minimum atomic E-state index is 0.561. The highest BCUT2D eigenvalue weighted by Gasteiger charge is 2.06. The maximum Gasteiger partial charge on any atom is 0.144 e. The molecule has 1 aromatic heterocycles. The van der Waals surface area contributed by atoms with Crippen LogP contribution >= 0.6 is 0 Å². The second-order valence-electron chi connectivity index (χ2n) is 4.33. The van der Waals surface area contributed by atoms with Crippen molar-refractivity contribution in [1.29, 1.82) is 5.26 Å². The lowest BCUT2D eigenvalue weighted by Gasteiger charge is -2.08. The summed E-state index contributed by atoms with van der Waals surface area (Å²) in [5.41, 5.74) is 4.94. The van der Waals surface area contributed by atoms with E-state index in [2.05, 4.69) is 48.4 Å². The van der Waals surface area contributed by atoms with Gasteiger partial charge in [0.25, 0.3) is 0 Å². The van der Waals surface area contributed by atoms with Gasteiger partial charge in [0, 0.05) is 12.6 Å². The van der Waals surface area contributed by atoms with Crippen LogP contribution in [0.15, 0.2) is 30.3 Å². The first-order chi connectivity index (χ1) is 8.63. The first-order valence-corrected chi connectivity index (χ1v) is 5.81. The fourth-order valence-electron chi connectivity index (χ4n) is 2.02. The molecule has 1 N–H and O–H groups in total. The van der Waals surface area contributed by atoms with E-state index in [0.29, 0.717) is 11.4 Å². The molecule has 0 amide bonds. The SMILES string of the molecule is CNc1nc(-c2cc(C)cc(C)c2)ccc1C#N. The second kappa shape index (κ2) is 4.89. The number of aromatic nitrogens is 1. The number of hydrogen-bond donors (Lipinski definition) is 1. The first kappa shape index (κ1) is 12.1. The van der Waals surface area contributed by atoms with E-state index in [-0.39, 0.29) is 0 Å². The maximum atomic E-state index is 8.97. The Balaban J connectivity index is 2.54. The van der Waals surface area contributed by atoms with Crippen LogP contribution in [0.4, 0.5) is 5.82 Å². The average Bonchev–Trinajstić information content (AvgIpc) is 2.36. The van der Waals surface area contributed by atoms with Gasteiger partial charge in [-0.2, -0.15) is 5.26 Å². The molecule has 18 heavy (non-hydrogen) atoms. The molecule has 0 bridgehead atoms. The Labute approximate surface area is 107 Å². The van der Waals surface area contributed by atoms with E-state index in [0.717, 1.165) is 11.3 Å². The second-order valence-corrected chi connectivity index (χ2v) is 4.33. The van der Waals surface area contributed by atoms with E-state index in [4.69, 9.17) is 5.26 Å². The molecule has 2 aromatic rings. The largest absolute Gasteiger partial charge is 0.372 e.